The number of nitrogens with one attached hydrogen (secondary N) is 1. The second-order valence-electron chi connectivity index (χ2n) is 4.20. The van der Waals surface area contributed by atoms with Gasteiger partial charge in [-0.3, -0.25) is 4.72 Å². The standard InChI is InChI=1S/C14H16N2O3S/c1-3-19-12-10-11(2)7-8-13(12)20(17,18)16-14-6-4-5-9-15-14/h4-10H,3H2,1-2H3,(H,15,16). The smallest absolute Gasteiger partial charge is 0.266 e. The van der Waals surface area contributed by atoms with E-state index in [1.165, 1.54) is 12.3 Å². The van der Waals surface area contributed by atoms with Crippen LogP contribution in [0.5, 0.6) is 5.75 Å². The first-order valence-electron chi connectivity index (χ1n) is 6.20. The van der Waals surface area contributed by atoms with Crippen molar-refractivity contribution in [3.63, 3.8) is 0 Å². The van der Waals surface area contributed by atoms with Gasteiger partial charge >= 0.3 is 0 Å². The Kier molecular flexibility index (Phi) is 4.24. The molecule has 0 saturated heterocycles. The minimum absolute atomic E-state index is 0.107. The minimum atomic E-state index is -3.72. The van der Waals surface area contributed by atoms with Crippen molar-refractivity contribution in [3.05, 3.63) is 48.2 Å². The summed E-state index contributed by atoms with van der Waals surface area (Å²) >= 11 is 0. The molecule has 0 radical (unpaired) electrons. The van der Waals surface area contributed by atoms with E-state index in [9.17, 15) is 8.42 Å². The second-order valence-corrected chi connectivity index (χ2v) is 5.85. The molecule has 0 fully saturated rings. The lowest BCUT2D eigenvalue weighted by Gasteiger charge is -2.12. The molecule has 106 valence electrons. The summed E-state index contributed by atoms with van der Waals surface area (Å²) < 4.78 is 32.6. The summed E-state index contributed by atoms with van der Waals surface area (Å²) in [5.74, 6) is 0.617. The highest BCUT2D eigenvalue weighted by atomic mass is 32.2. The van der Waals surface area contributed by atoms with Crippen LogP contribution < -0.4 is 9.46 Å². The zero-order valence-electron chi connectivity index (χ0n) is 11.3. The number of hydrogen-bond acceptors (Lipinski definition) is 4. The zero-order chi connectivity index (χ0) is 14.6. The number of sulfonamides is 1. The van der Waals surface area contributed by atoms with Crippen LogP contribution in [0.15, 0.2) is 47.5 Å². The Balaban J connectivity index is 2.39. The number of benzene rings is 1. The normalized spacial score (nSPS) is 11.1. The molecule has 1 N–H and O–H groups in total. The fourth-order valence-corrected chi connectivity index (χ4v) is 2.86. The van der Waals surface area contributed by atoms with Crippen molar-refractivity contribution >= 4 is 15.8 Å². The first-order chi connectivity index (χ1) is 9.53. The molecule has 1 aromatic carbocycles. The molecule has 0 aliphatic heterocycles. The molecule has 0 atom stereocenters. The SMILES string of the molecule is CCOc1cc(C)ccc1S(=O)(=O)Nc1ccccn1. The van der Waals surface area contributed by atoms with Crippen LogP contribution in [0, 0.1) is 6.92 Å². The summed E-state index contributed by atoms with van der Waals surface area (Å²) in [6, 6.07) is 9.99. The molecule has 1 heterocycles. The van der Waals surface area contributed by atoms with Gasteiger partial charge in [-0.1, -0.05) is 12.1 Å². The summed E-state index contributed by atoms with van der Waals surface area (Å²) in [5, 5.41) is 0. The largest absolute Gasteiger partial charge is 0.492 e. The highest BCUT2D eigenvalue weighted by Gasteiger charge is 2.20. The van der Waals surface area contributed by atoms with E-state index in [4.69, 9.17) is 4.74 Å². The topological polar surface area (TPSA) is 68.3 Å². The van der Waals surface area contributed by atoms with Crippen molar-refractivity contribution in [2.45, 2.75) is 18.7 Å². The van der Waals surface area contributed by atoms with Gasteiger partial charge in [-0.2, -0.15) is 0 Å². The van der Waals surface area contributed by atoms with Crippen LogP contribution in [0.3, 0.4) is 0 Å². The van der Waals surface area contributed by atoms with E-state index < -0.39 is 10.0 Å². The number of ether oxygens (including phenoxy) is 1. The number of aryl methyl sites for hydroxylation is 1. The van der Waals surface area contributed by atoms with Crippen molar-refractivity contribution < 1.29 is 13.2 Å². The van der Waals surface area contributed by atoms with Crippen LogP contribution >= 0.6 is 0 Å². The van der Waals surface area contributed by atoms with Gasteiger partial charge in [0, 0.05) is 6.20 Å². The maximum Gasteiger partial charge on any atom is 0.266 e. The van der Waals surface area contributed by atoms with Crippen LogP contribution in [0.4, 0.5) is 5.82 Å². The van der Waals surface area contributed by atoms with E-state index in [1.807, 2.05) is 13.8 Å². The van der Waals surface area contributed by atoms with Crippen molar-refractivity contribution in [2.24, 2.45) is 0 Å². The highest BCUT2D eigenvalue weighted by molar-refractivity contribution is 7.92. The van der Waals surface area contributed by atoms with Crippen molar-refractivity contribution in [1.82, 2.24) is 4.98 Å². The van der Waals surface area contributed by atoms with E-state index >= 15 is 0 Å². The molecule has 0 unspecified atom stereocenters. The lowest BCUT2D eigenvalue weighted by atomic mass is 10.2. The van der Waals surface area contributed by atoms with Gasteiger partial charge in [0.2, 0.25) is 0 Å². The van der Waals surface area contributed by atoms with Crippen molar-refractivity contribution in [2.75, 3.05) is 11.3 Å². The predicted molar refractivity (Wildman–Crippen MR) is 77.4 cm³/mol. The molecule has 0 saturated carbocycles. The lowest BCUT2D eigenvalue weighted by Crippen LogP contribution is -2.15. The van der Waals surface area contributed by atoms with Gasteiger partial charge in [0.15, 0.2) is 0 Å². The van der Waals surface area contributed by atoms with E-state index in [-0.39, 0.29) is 10.7 Å². The van der Waals surface area contributed by atoms with Gasteiger partial charge in [-0.15, -0.1) is 0 Å². The molecule has 1 aromatic heterocycles. The van der Waals surface area contributed by atoms with E-state index in [2.05, 4.69) is 9.71 Å². The van der Waals surface area contributed by atoms with E-state index in [1.54, 1.807) is 30.3 Å². The summed E-state index contributed by atoms with van der Waals surface area (Å²) in [5.41, 5.74) is 0.935. The monoisotopic (exact) mass is 292 g/mol. The van der Waals surface area contributed by atoms with Crippen LogP contribution in [0.2, 0.25) is 0 Å². The summed E-state index contributed by atoms with van der Waals surface area (Å²) in [6.07, 6.45) is 1.52. The fourth-order valence-electron chi connectivity index (χ4n) is 1.72. The number of aromatic nitrogens is 1. The summed E-state index contributed by atoms with van der Waals surface area (Å²) in [7, 11) is -3.72. The van der Waals surface area contributed by atoms with Gasteiger partial charge in [0.05, 0.1) is 6.61 Å². The minimum Gasteiger partial charge on any atom is -0.492 e. The fraction of sp³-hybridized carbons (Fsp3) is 0.214. The lowest BCUT2D eigenvalue weighted by molar-refractivity contribution is 0.331. The van der Waals surface area contributed by atoms with Crippen LogP contribution in [-0.2, 0) is 10.0 Å². The summed E-state index contributed by atoms with van der Waals surface area (Å²) in [6.45, 7) is 4.09. The third-order valence-electron chi connectivity index (χ3n) is 2.59. The molecule has 20 heavy (non-hydrogen) atoms. The van der Waals surface area contributed by atoms with Gasteiger partial charge in [-0.25, -0.2) is 13.4 Å². The zero-order valence-corrected chi connectivity index (χ0v) is 12.1. The molecule has 0 spiro atoms. The Bertz CT molecular complexity index is 685. The molecule has 6 heteroatoms. The Morgan fingerprint density at radius 2 is 2.05 bits per heavy atom. The maximum atomic E-state index is 12.4. The Labute approximate surface area is 118 Å². The Morgan fingerprint density at radius 1 is 1.25 bits per heavy atom. The van der Waals surface area contributed by atoms with Crippen molar-refractivity contribution in [3.8, 4) is 5.75 Å². The van der Waals surface area contributed by atoms with Gasteiger partial charge in [0.25, 0.3) is 10.0 Å². The molecule has 2 aromatic rings. The summed E-state index contributed by atoms with van der Waals surface area (Å²) in [4.78, 5) is 4.06. The third-order valence-corrected chi connectivity index (χ3v) is 3.99. The number of anilines is 1. The third kappa shape index (κ3) is 3.27. The highest BCUT2D eigenvalue weighted by Crippen LogP contribution is 2.26. The number of rotatable bonds is 5. The average Bonchev–Trinajstić information content (AvgIpc) is 2.39. The number of nitrogens with zero attached hydrogens (tertiary/aromatic N) is 1. The molecule has 0 bridgehead atoms. The van der Waals surface area contributed by atoms with Gasteiger partial charge < -0.3 is 4.74 Å². The van der Waals surface area contributed by atoms with Gasteiger partial charge in [-0.05, 0) is 43.7 Å². The van der Waals surface area contributed by atoms with Crippen molar-refractivity contribution in [1.29, 1.82) is 0 Å². The molecule has 2 rings (SSSR count). The molecule has 5 nitrogen and oxygen atoms in total. The molecule has 0 amide bonds. The molecular formula is C14H16N2O3S. The molecule has 0 aliphatic rings. The Morgan fingerprint density at radius 3 is 2.70 bits per heavy atom. The first-order valence-corrected chi connectivity index (χ1v) is 7.68. The van der Waals surface area contributed by atoms with Crippen LogP contribution in [0.25, 0.3) is 0 Å². The second kappa shape index (κ2) is 5.92. The van der Waals surface area contributed by atoms with E-state index in [0.29, 0.717) is 12.4 Å². The van der Waals surface area contributed by atoms with Gasteiger partial charge in [0.1, 0.15) is 16.5 Å². The number of hydrogen-bond donors (Lipinski definition) is 1. The number of pyridine rings is 1. The first kappa shape index (κ1) is 14.3. The Hall–Kier alpha value is -2.08. The molecular weight excluding hydrogens is 276 g/mol. The van der Waals surface area contributed by atoms with Crippen LogP contribution in [0.1, 0.15) is 12.5 Å². The quantitative estimate of drug-likeness (QED) is 0.919. The average molecular weight is 292 g/mol. The van der Waals surface area contributed by atoms with E-state index in [0.717, 1.165) is 5.56 Å². The van der Waals surface area contributed by atoms with Crippen LogP contribution in [-0.4, -0.2) is 20.0 Å². The predicted octanol–water partition coefficient (Wildman–Crippen LogP) is 2.59. The molecule has 0 aliphatic carbocycles. The maximum absolute atomic E-state index is 12.4.